The highest BCUT2D eigenvalue weighted by atomic mass is 16.5. The van der Waals surface area contributed by atoms with Crippen LogP contribution in [0.4, 0.5) is 11.6 Å². The number of nitrogens with zero attached hydrogens (tertiary/aromatic N) is 2. The Morgan fingerprint density at radius 3 is 2.19 bits per heavy atom. The summed E-state index contributed by atoms with van der Waals surface area (Å²) in [7, 11) is 1.68. The van der Waals surface area contributed by atoms with E-state index in [0.717, 1.165) is 36.9 Å². The molecule has 0 spiro atoms. The number of ether oxygens (including phenoxy) is 1. The van der Waals surface area contributed by atoms with E-state index in [9.17, 15) is 0 Å². The Morgan fingerprint density at radius 2 is 1.50 bits per heavy atom. The van der Waals surface area contributed by atoms with Crippen molar-refractivity contribution in [3.8, 4) is 5.75 Å². The van der Waals surface area contributed by atoms with E-state index in [4.69, 9.17) is 4.74 Å². The third-order valence-electron chi connectivity index (χ3n) is 4.14. The molecule has 5 nitrogen and oxygen atoms in total. The standard InChI is InChI=1S/C21H24N4O/c1-16-3-5-18(6-4-16)14-23-21-13-20(24-15-25-21)22-12-11-17-7-9-19(26-2)10-8-17/h3-10,13,15H,11-12,14H2,1-2H3,(H2,22,23,24,25). The Bertz CT molecular complexity index is 816. The van der Waals surface area contributed by atoms with Crippen LogP contribution < -0.4 is 15.4 Å². The van der Waals surface area contributed by atoms with Crippen molar-refractivity contribution in [2.75, 3.05) is 24.3 Å². The van der Waals surface area contributed by atoms with Gasteiger partial charge in [0, 0.05) is 19.2 Å². The minimum absolute atomic E-state index is 0.739. The zero-order valence-corrected chi connectivity index (χ0v) is 15.2. The minimum atomic E-state index is 0.739. The second-order valence-electron chi connectivity index (χ2n) is 6.15. The van der Waals surface area contributed by atoms with E-state index in [0.29, 0.717) is 0 Å². The summed E-state index contributed by atoms with van der Waals surface area (Å²) in [4.78, 5) is 8.56. The lowest BCUT2D eigenvalue weighted by Crippen LogP contribution is -2.08. The van der Waals surface area contributed by atoms with Crippen LogP contribution in [0.2, 0.25) is 0 Å². The smallest absolute Gasteiger partial charge is 0.131 e. The fourth-order valence-corrected chi connectivity index (χ4v) is 2.58. The molecule has 0 aliphatic heterocycles. The van der Waals surface area contributed by atoms with Gasteiger partial charge < -0.3 is 15.4 Å². The summed E-state index contributed by atoms with van der Waals surface area (Å²) >= 11 is 0. The molecule has 2 N–H and O–H groups in total. The second-order valence-corrected chi connectivity index (χ2v) is 6.15. The van der Waals surface area contributed by atoms with Crippen LogP contribution in [0, 0.1) is 6.92 Å². The number of rotatable bonds is 8. The van der Waals surface area contributed by atoms with Gasteiger partial charge in [0.15, 0.2) is 0 Å². The lowest BCUT2D eigenvalue weighted by atomic mass is 10.1. The van der Waals surface area contributed by atoms with E-state index in [1.54, 1.807) is 13.4 Å². The fraction of sp³-hybridized carbons (Fsp3) is 0.238. The van der Waals surface area contributed by atoms with Gasteiger partial charge >= 0.3 is 0 Å². The molecule has 0 fully saturated rings. The maximum absolute atomic E-state index is 5.18. The predicted octanol–water partition coefficient (Wildman–Crippen LogP) is 4.06. The molecule has 134 valence electrons. The van der Waals surface area contributed by atoms with Gasteiger partial charge in [0.25, 0.3) is 0 Å². The Labute approximate surface area is 154 Å². The molecule has 0 saturated heterocycles. The maximum atomic E-state index is 5.18. The molecule has 0 aliphatic rings. The van der Waals surface area contributed by atoms with Crippen molar-refractivity contribution in [2.45, 2.75) is 19.9 Å². The van der Waals surface area contributed by atoms with Crippen molar-refractivity contribution in [1.82, 2.24) is 9.97 Å². The topological polar surface area (TPSA) is 59.1 Å². The van der Waals surface area contributed by atoms with Crippen molar-refractivity contribution < 1.29 is 4.74 Å². The molecular formula is C21H24N4O. The van der Waals surface area contributed by atoms with Gasteiger partial charge in [-0.15, -0.1) is 0 Å². The lowest BCUT2D eigenvalue weighted by molar-refractivity contribution is 0.414. The summed E-state index contributed by atoms with van der Waals surface area (Å²) in [6, 6.07) is 18.5. The number of methoxy groups -OCH3 is 1. The largest absolute Gasteiger partial charge is 0.497 e. The van der Waals surface area contributed by atoms with E-state index in [1.165, 1.54) is 16.7 Å². The minimum Gasteiger partial charge on any atom is -0.497 e. The summed E-state index contributed by atoms with van der Waals surface area (Å²) in [5, 5.41) is 6.68. The molecule has 0 saturated carbocycles. The highest BCUT2D eigenvalue weighted by molar-refractivity contribution is 5.47. The Hall–Kier alpha value is -3.08. The number of hydrogen-bond acceptors (Lipinski definition) is 5. The van der Waals surface area contributed by atoms with Crippen molar-refractivity contribution >= 4 is 11.6 Å². The van der Waals surface area contributed by atoms with E-state index < -0.39 is 0 Å². The highest BCUT2D eigenvalue weighted by Gasteiger charge is 2.00. The first-order valence-corrected chi connectivity index (χ1v) is 8.71. The molecular weight excluding hydrogens is 324 g/mol. The molecule has 3 aromatic rings. The molecule has 26 heavy (non-hydrogen) atoms. The molecule has 0 amide bonds. The van der Waals surface area contributed by atoms with E-state index in [-0.39, 0.29) is 0 Å². The van der Waals surface area contributed by atoms with Crippen molar-refractivity contribution in [3.63, 3.8) is 0 Å². The Balaban J connectivity index is 1.49. The van der Waals surface area contributed by atoms with Gasteiger partial charge in [-0.3, -0.25) is 0 Å². The molecule has 1 heterocycles. The summed E-state index contributed by atoms with van der Waals surface area (Å²) in [5.41, 5.74) is 3.74. The summed E-state index contributed by atoms with van der Waals surface area (Å²) < 4.78 is 5.18. The molecule has 0 unspecified atom stereocenters. The Morgan fingerprint density at radius 1 is 0.846 bits per heavy atom. The number of benzene rings is 2. The zero-order chi connectivity index (χ0) is 18.2. The average molecular weight is 348 g/mol. The van der Waals surface area contributed by atoms with Gasteiger partial charge in [-0.1, -0.05) is 42.0 Å². The first kappa shape index (κ1) is 17.7. The summed E-state index contributed by atoms with van der Waals surface area (Å²) in [5.74, 6) is 2.51. The number of nitrogens with one attached hydrogen (secondary N) is 2. The molecule has 5 heteroatoms. The second kappa shape index (κ2) is 8.85. The third-order valence-corrected chi connectivity index (χ3v) is 4.14. The van der Waals surface area contributed by atoms with Crippen LogP contribution in [0.25, 0.3) is 0 Å². The summed E-state index contributed by atoms with van der Waals surface area (Å²) in [6.45, 7) is 3.63. The van der Waals surface area contributed by atoms with Gasteiger partial charge in [0.1, 0.15) is 23.7 Å². The average Bonchev–Trinajstić information content (AvgIpc) is 2.68. The fourth-order valence-electron chi connectivity index (χ4n) is 2.58. The molecule has 0 aliphatic carbocycles. The monoisotopic (exact) mass is 348 g/mol. The van der Waals surface area contributed by atoms with E-state index in [2.05, 4.69) is 63.9 Å². The number of aromatic nitrogens is 2. The van der Waals surface area contributed by atoms with Crippen LogP contribution >= 0.6 is 0 Å². The van der Waals surface area contributed by atoms with Gasteiger partial charge in [0.05, 0.1) is 7.11 Å². The molecule has 0 bridgehead atoms. The van der Waals surface area contributed by atoms with Crippen LogP contribution in [0.1, 0.15) is 16.7 Å². The quantitative estimate of drug-likeness (QED) is 0.643. The maximum Gasteiger partial charge on any atom is 0.131 e. The molecule has 3 rings (SSSR count). The van der Waals surface area contributed by atoms with E-state index in [1.807, 2.05) is 18.2 Å². The lowest BCUT2D eigenvalue weighted by Gasteiger charge is -2.09. The van der Waals surface area contributed by atoms with Crippen LogP contribution in [-0.2, 0) is 13.0 Å². The predicted molar refractivity (Wildman–Crippen MR) is 106 cm³/mol. The third kappa shape index (κ3) is 5.21. The number of anilines is 2. The highest BCUT2D eigenvalue weighted by Crippen LogP contribution is 2.13. The number of aryl methyl sites for hydroxylation is 1. The normalized spacial score (nSPS) is 10.4. The molecule has 1 aromatic heterocycles. The van der Waals surface area contributed by atoms with Crippen LogP contribution in [0.15, 0.2) is 60.9 Å². The van der Waals surface area contributed by atoms with Crippen LogP contribution in [0.5, 0.6) is 5.75 Å². The number of hydrogen-bond donors (Lipinski definition) is 2. The van der Waals surface area contributed by atoms with E-state index >= 15 is 0 Å². The van der Waals surface area contributed by atoms with Crippen molar-refractivity contribution in [2.24, 2.45) is 0 Å². The SMILES string of the molecule is COc1ccc(CCNc2cc(NCc3ccc(C)cc3)ncn2)cc1. The first-order chi connectivity index (χ1) is 12.7. The zero-order valence-electron chi connectivity index (χ0n) is 15.2. The molecule has 2 aromatic carbocycles. The van der Waals surface area contributed by atoms with Crippen LogP contribution in [-0.4, -0.2) is 23.6 Å². The van der Waals surface area contributed by atoms with Gasteiger partial charge in [-0.25, -0.2) is 9.97 Å². The van der Waals surface area contributed by atoms with Crippen LogP contribution in [0.3, 0.4) is 0 Å². The molecule has 0 radical (unpaired) electrons. The summed E-state index contributed by atoms with van der Waals surface area (Å²) in [6.07, 6.45) is 2.49. The van der Waals surface area contributed by atoms with Gasteiger partial charge in [-0.05, 0) is 36.6 Å². The Kier molecular flexibility index (Phi) is 6.04. The molecule has 0 atom stereocenters. The van der Waals surface area contributed by atoms with Gasteiger partial charge in [-0.2, -0.15) is 0 Å². The first-order valence-electron chi connectivity index (χ1n) is 8.71. The van der Waals surface area contributed by atoms with Gasteiger partial charge in [0.2, 0.25) is 0 Å². The van der Waals surface area contributed by atoms with Crippen molar-refractivity contribution in [3.05, 3.63) is 77.6 Å². The van der Waals surface area contributed by atoms with Crippen molar-refractivity contribution in [1.29, 1.82) is 0 Å².